The van der Waals surface area contributed by atoms with E-state index in [0.29, 0.717) is 17.9 Å². The van der Waals surface area contributed by atoms with Gasteiger partial charge < -0.3 is 9.84 Å². The average molecular weight is 461 g/mol. The summed E-state index contributed by atoms with van der Waals surface area (Å²) in [4.78, 5) is 23.2. The van der Waals surface area contributed by atoms with Crippen molar-refractivity contribution in [3.05, 3.63) is 29.8 Å². The molecule has 188 valence electrons. The van der Waals surface area contributed by atoms with Crippen LogP contribution in [0.5, 0.6) is 5.75 Å². The summed E-state index contributed by atoms with van der Waals surface area (Å²) >= 11 is 0. The van der Waals surface area contributed by atoms with Gasteiger partial charge in [-0.15, -0.1) is 0 Å². The zero-order valence-electron chi connectivity index (χ0n) is 21.3. The molecule has 1 rings (SSSR count). The lowest BCUT2D eigenvalue weighted by Crippen LogP contribution is -2.14. The van der Waals surface area contributed by atoms with Gasteiger partial charge in [-0.25, -0.2) is 0 Å². The summed E-state index contributed by atoms with van der Waals surface area (Å²) in [7, 11) is 0. The van der Waals surface area contributed by atoms with E-state index in [-0.39, 0.29) is 12.2 Å². The lowest BCUT2D eigenvalue weighted by atomic mass is 10.00. The first kappa shape index (κ1) is 29.2. The third-order valence-corrected chi connectivity index (χ3v) is 6.34. The van der Waals surface area contributed by atoms with Crippen molar-refractivity contribution in [3.63, 3.8) is 0 Å². The second kappa shape index (κ2) is 19.6. The number of unbranched alkanes of at least 4 members (excludes halogenated alkanes) is 15. The Morgan fingerprint density at radius 3 is 1.76 bits per heavy atom. The van der Waals surface area contributed by atoms with Gasteiger partial charge in [0.25, 0.3) is 0 Å². The predicted molar refractivity (Wildman–Crippen MR) is 137 cm³/mol. The van der Waals surface area contributed by atoms with Gasteiger partial charge in [0.15, 0.2) is 5.78 Å². The maximum Gasteiger partial charge on any atom is 0.306 e. The van der Waals surface area contributed by atoms with E-state index >= 15 is 0 Å². The molecule has 0 bridgehead atoms. The molecule has 0 aliphatic carbocycles. The van der Waals surface area contributed by atoms with Crippen LogP contribution in [0, 0.1) is 5.92 Å². The predicted octanol–water partition coefficient (Wildman–Crippen LogP) is 8.62. The van der Waals surface area contributed by atoms with Gasteiger partial charge in [0.05, 0.1) is 12.5 Å². The van der Waals surface area contributed by atoms with Gasteiger partial charge in [-0.3, -0.25) is 9.59 Å². The van der Waals surface area contributed by atoms with Gasteiger partial charge in [0.2, 0.25) is 0 Å². The molecule has 0 aromatic heterocycles. The normalized spacial score (nSPS) is 11.9. The maximum atomic E-state index is 12.2. The molecule has 0 heterocycles. The van der Waals surface area contributed by atoms with Crippen LogP contribution in [0.3, 0.4) is 0 Å². The van der Waals surface area contributed by atoms with Gasteiger partial charge in [0.1, 0.15) is 5.75 Å². The zero-order valence-corrected chi connectivity index (χ0v) is 21.3. The highest BCUT2D eigenvalue weighted by atomic mass is 16.5. The summed E-state index contributed by atoms with van der Waals surface area (Å²) in [6, 6.07) is 7.09. The van der Waals surface area contributed by atoms with Gasteiger partial charge >= 0.3 is 5.97 Å². The highest BCUT2D eigenvalue weighted by Crippen LogP contribution is 2.18. The van der Waals surface area contributed by atoms with E-state index < -0.39 is 11.9 Å². The van der Waals surface area contributed by atoms with Gasteiger partial charge in [0, 0.05) is 12.0 Å². The molecular weight excluding hydrogens is 412 g/mol. The summed E-state index contributed by atoms with van der Waals surface area (Å²) in [6.45, 7) is 4.48. The average Bonchev–Trinajstić information content (AvgIpc) is 2.81. The first-order valence-corrected chi connectivity index (χ1v) is 13.5. The quantitative estimate of drug-likeness (QED) is 0.139. The SMILES string of the molecule is CCCCCCCCCCCCCCCCCCOc1cccc(C(=O)CC(C)C(=O)O)c1. The first-order valence-electron chi connectivity index (χ1n) is 13.5. The lowest BCUT2D eigenvalue weighted by Gasteiger charge is -2.09. The number of carboxylic acids is 1. The van der Waals surface area contributed by atoms with E-state index in [1.807, 2.05) is 6.07 Å². The Balaban J connectivity index is 1.97. The Kier molecular flexibility index (Phi) is 17.4. The van der Waals surface area contributed by atoms with Crippen molar-refractivity contribution in [1.29, 1.82) is 0 Å². The van der Waals surface area contributed by atoms with Crippen molar-refractivity contribution in [3.8, 4) is 5.75 Å². The standard InChI is InChI=1S/C29H48O4/c1-3-4-5-6-7-8-9-10-11-12-13-14-15-16-17-18-22-33-27-21-19-20-26(24-27)28(30)23-25(2)29(31)32/h19-21,24-25H,3-18,22-23H2,1-2H3,(H,31,32). The second-order valence-electron chi connectivity index (χ2n) is 9.55. The minimum atomic E-state index is -0.945. The molecule has 0 saturated carbocycles. The Hall–Kier alpha value is -1.84. The van der Waals surface area contributed by atoms with Crippen LogP contribution in [0.15, 0.2) is 24.3 Å². The Morgan fingerprint density at radius 1 is 0.788 bits per heavy atom. The number of ether oxygens (including phenoxy) is 1. The van der Waals surface area contributed by atoms with Crippen LogP contribution in [-0.4, -0.2) is 23.5 Å². The Morgan fingerprint density at radius 2 is 1.27 bits per heavy atom. The molecule has 0 amide bonds. The van der Waals surface area contributed by atoms with E-state index in [4.69, 9.17) is 9.84 Å². The molecule has 4 nitrogen and oxygen atoms in total. The molecule has 0 aliphatic rings. The third kappa shape index (κ3) is 15.6. The molecule has 4 heteroatoms. The van der Waals surface area contributed by atoms with Crippen molar-refractivity contribution in [2.45, 2.75) is 123 Å². The van der Waals surface area contributed by atoms with Gasteiger partial charge in [-0.05, 0) is 18.6 Å². The summed E-state index contributed by atoms with van der Waals surface area (Å²) in [5, 5.41) is 8.97. The molecule has 0 fully saturated rings. The van der Waals surface area contributed by atoms with Crippen LogP contribution in [0.2, 0.25) is 0 Å². The third-order valence-electron chi connectivity index (χ3n) is 6.34. The molecule has 0 saturated heterocycles. The fourth-order valence-electron chi connectivity index (χ4n) is 4.08. The van der Waals surface area contributed by atoms with Crippen molar-refractivity contribution < 1.29 is 19.4 Å². The Labute approximate surface area is 202 Å². The maximum absolute atomic E-state index is 12.2. The minimum Gasteiger partial charge on any atom is -0.494 e. The van der Waals surface area contributed by atoms with Crippen LogP contribution in [0.4, 0.5) is 0 Å². The zero-order chi connectivity index (χ0) is 24.2. The van der Waals surface area contributed by atoms with Crippen LogP contribution >= 0.6 is 0 Å². The van der Waals surface area contributed by atoms with Crippen LogP contribution in [-0.2, 0) is 4.79 Å². The highest BCUT2D eigenvalue weighted by Gasteiger charge is 2.17. The van der Waals surface area contributed by atoms with Crippen molar-refractivity contribution in [2.24, 2.45) is 5.92 Å². The van der Waals surface area contributed by atoms with E-state index in [1.54, 1.807) is 25.1 Å². The van der Waals surface area contributed by atoms with Crippen LogP contribution in [0.1, 0.15) is 133 Å². The molecule has 1 aromatic rings. The number of hydrogen-bond donors (Lipinski definition) is 1. The molecule has 0 aliphatic heterocycles. The smallest absolute Gasteiger partial charge is 0.306 e. The molecular formula is C29H48O4. The van der Waals surface area contributed by atoms with Crippen molar-refractivity contribution >= 4 is 11.8 Å². The Bertz CT molecular complexity index is 640. The number of carbonyl (C=O) groups is 2. The monoisotopic (exact) mass is 460 g/mol. The molecule has 0 radical (unpaired) electrons. The topological polar surface area (TPSA) is 63.6 Å². The minimum absolute atomic E-state index is 0.0118. The fourth-order valence-corrected chi connectivity index (χ4v) is 4.08. The highest BCUT2D eigenvalue weighted by molar-refractivity contribution is 5.98. The number of aliphatic carboxylic acids is 1. The second-order valence-corrected chi connectivity index (χ2v) is 9.55. The lowest BCUT2D eigenvalue weighted by molar-refractivity contribution is -0.141. The van der Waals surface area contributed by atoms with E-state index in [2.05, 4.69) is 6.92 Å². The molecule has 1 N–H and O–H groups in total. The number of carbonyl (C=O) groups excluding carboxylic acids is 1. The molecule has 1 atom stereocenters. The van der Waals surface area contributed by atoms with Gasteiger partial charge in [-0.2, -0.15) is 0 Å². The van der Waals surface area contributed by atoms with Gasteiger partial charge in [-0.1, -0.05) is 122 Å². The molecule has 1 unspecified atom stereocenters. The summed E-state index contributed by atoms with van der Waals surface area (Å²) in [5.41, 5.74) is 0.521. The number of benzene rings is 1. The van der Waals surface area contributed by atoms with Crippen molar-refractivity contribution in [2.75, 3.05) is 6.61 Å². The van der Waals surface area contributed by atoms with E-state index in [1.165, 1.54) is 96.3 Å². The molecule has 0 spiro atoms. The van der Waals surface area contributed by atoms with Crippen LogP contribution < -0.4 is 4.74 Å². The number of ketones is 1. The van der Waals surface area contributed by atoms with Crippen molar-refractivity contribution in [1.82, 2.24) is 0 Å². The first-order chi connectivity index (χ1) is 16.0. The van der Waals surface area contributed by atoms with E-state index in [9.17, 15) is 9.59 Å². The van der Waals surface area contributed by atoms with Crippen LogP contribution in [0.25, 0.3) is 0 Å². The fraction of sp³-hybridized carbons (Fsp3) is 0.724. The summed E-state index contributed by atoms with van der Waals surface area (Å²) in [5.74, 6) is -1.09. The number of carboxylic acid groups (broad SMARTS) is 1. The summed E-state index contributed by atoms with van der Waals surface area (Å²) < 4.78 is 5.80. The number of hydrogen-bond acceptors (Lipinski definition) is 3. The summed E-state index contributed by atoms with van der Waals surface area (Å²) in [6.07, 6.45) is 21.6. The number of rotatable bonds is 22. The number of Topliss-reactive ketones (excluding diaryl/α,β-unsaturated/α-hetero) is 1. The van der Waals surface area contributed by atoms with E-state index in [0.717, 1.165) is 6.42 Å². The molecule has 33 heavy (non-hydrogen) atoms. The molecule has 1 aromatic carbocycles. The largest absolute Gasteiger partial charge is 0.494 e.